The van der Waals surface area contributed by atoms with Crippen molar-refractivity contribution in [1.82, 2.24) is 5.32 Å². The number of amides is 2. The van der Waals surface area contributed by atoms with Crippen molar-refractivity contribution < 1.29 is 14.4 Å². The fourth-order valence-electron chi connectivity index (χ4n) is 1.15. The normalized spacial score (nSPS) is 9.06. The Morgan fingerprint density at radius 3 is 2.81 bits per heavy atom. The van der Waals surface area contributed by atoms with Crippen LogP contribution in [0.5, 0.6) is 0 Å². The van der Waals surface area contributed by atoms with Crippen molar-refractivity contribution in [3.63, 3.8) is 0 Å². The minimum absolute atomic E-state index is 0.150. The van der Waals surface area contributed by atoms with Crippen LogP contribution in [0.3, 0.4) is 0 Å². The van der Waals surface area contributed by atoms with Crippen LogP contribution in [0.25, 0.3) is 0 Å². The predicted octanol–water partition coefficient (Wildman–Crippen LogP) is 0.799. The lowest BCUT2D eigenvalue weighted by Crippen LogP contribution is -2.19. The van der Waals surface area contributed by atoms with Gasteiger partial charge in [0.15, 0.2) is 0 Å². The van der Waals surface area contributed by atoms with Gasteiger partial charge in [-0.15, -0.1) is 4.99 Å². The lowest BCUT2D eigenvalue weighted by Gasteiger charge is -2.03. The lowest BCUT2D eigenvalue weighted by atomic mass is 10.1. The average Bonchev–Trinajstić information content (AvgIpc) is 2.27. The molecule has 0 spiro atoms. The molecule has 2 amide bonds. The molecule has 1 aromatic rings. The number of carbonyl (C=O) groups excluding carboxylic acids is 3. The van der Waals surface area contributed by atoms with Crippen LogP contribution < -0.4 is 5.32 Å². The van der Waals surface area contributed by atoms with Crippen LogP contribution in [0.4, 0.5) is 0 Å². The highest BCUT2D eigenvalue weighted by atomic mass is 16.2. The summed E-state index contributed by atoms with van der Waals surface area (Å²) in [5.41, 5.74) is 1.06. The number of aliphatic imine (C=N–C) groups is 1. The van der Waals surface area contributed by atoms with Gasteiger partial charge < -0.3 is 5.32 Å². The first kappa shape index (κ1) is 11.8. The van der Waals surface area contributed by atoms with Crippen molar-refractivity contribution in [2.24, 2.45) is 4.99 Å². The molecule has 1 rings (SSSR count). The fourth-order valence-corrected chi connectivity index (χ4v) is 1.15. The SMILES string of the molecule is CC(=O)NCc1cccc(C(=O)N=C=O)c1. The molecule has 5 heteroatoms. The summed E-state index contributed by atoms with van der Waals surface area (Å²) in [6.45, 7) is 1.74. The van der Waals surface area contributed by atoms with E-state index in [1.807, 2.05) is 0 Å². The molecule has 0 saturated heterocycles. The van der Waals surface area contributed by atoms with Crippen molar-refractivity contribution in [2.45, 2.75) is 13.5 Å². The zero-order chi connectivity index (χ0) is 12.0. The number of nitrogens with zero attached hydrogens (tertiary/aromatic N) is 1. The van der Waals surface area contributed by atoms with Gasteiger partial charge in [0.25, 0.3) is 5.91 Å². The zero-order valence-electron chi connectivity index (χ0n) is 8.69. The van der Waals surface area contributed by atoms with Gasteiger partial charge in [0.2, 0.25) is 12.0 Å². The molecule has 0 atom stereocenters. The van der Waals surface area contributed by atoms with Gasteiger partial charge in [0.05, 0.1) is 0 Å². The third kappa shape index (κ3) is 3.48. The molecule has 0 aromatic heterocycles. The molecule has 0 saturated carbocycles. The summed E-state index contributed by atoms with van der Waals surface area (Å²) in [6.07, 6.45) is 1.19. The molecule has 1 N–H and O–H groups in total. The smallest absolute Gasteiger partial charge is 0.287 e. The molecule has 0 heterocycles. The second-order valence-corrected chi connectivity index (χ2v) is 3.12. The van der Waals surface area contributed by atoms with Gasteiger partial charge in [-0.3, -0.25) is 9.59 Å². The van der Waals surface area contributed by atoms with Gasteiger partial charge in [-0.2, -0.15) is 0 Å². The molecule has 0 fully saturated rings. The maximum Gasteiger partial charge on any atom is 0.287 e. The Morgan fingerprint density at radius 2 is 2.19 bits per heavy atom. The third-order valence-corrected chi connectivity index (χ3v) is 1.86. The molecule has 0 unspecified atom stereocenters. The van der Waals surface area contributed by atoms with Gasteiger partial charge in [-0.05, 0) is 17.7 Å². The van der Waals surface area contributed by atoms with E-state index in [-0.39, 0.29) is 5.91 Å². The lowest BCUT2D eigenvalue weighted by molar-refractivity contribution is -0.119. The van der Waals surface area contributed by atoms with Gasteiger partial charge in [0.1, 0.15) is 0 Å². The van der Waals surface area contributed by atoms with E-state index in [9.17, 15) is 14.4 Å². The minimum atomic E-state index is -0.639. The van der Waals surface area contributed by atoms with Crippen molar-refractivity contribution in [3.8, 4) is 0 Å². The van der Waals surface area contributed by atoms with Gasteiger partial charge in [0, 0.05) is 19.0 Å². The minimum Gasteiger partial charge on any atom is -0.352 e. The van der Waals surface area contributed by atoms with E-state index >= 15 is 0 Å². The summed E-state index contributed by atoms with van der Waals surface area (Å²) in [5.74, 6) is -0.790. The monoisotopic (exact) mass is 218 g/mol. The van der Waals surface area contributed by atoms with Crippen molar-refractivity contribution in [3.05, 3.63) is 35.4 Å². The molecule has 0 aliphatic carbocycles. The maximum atomic E-state index is 11.2. The van der Waals surface area contributed by atoms with Gasteiger partial charge >= 0.3 is 0 Å². The summed E-state index contributed by atoms with van der Waals surface area (Å²) in [4.78, 5) is 34.8. The molecule has 5 nitrogen and oxygen atoms in total. The van der Waals surface area contributed by atoms with Crippen LogP contribution in [0.15, 0.2) is 29.3 Å². The number of hydrogen-bond donors (Lipinski definition) is 1. The van der Waals surface area contributed by atoms with E-state index in [0.717, 1.165) is 5.56 Å². The quantitative estimate of drug-likeness (QED) is 0.602. The van der Waals surface area contributed by atoms with E-state index in [0.29, 0.717) is 12.1 Å². The standard InChI is InChI=1S/C11H10N2O3/c1-8(15)12-6-9-3-2-4-10(5-9)11(16)13-7-14/h2-5H,6H2,1H3,(H,12,15). The topological polar surface area (TPSA) is 75.6 Å². The molecule has 0 bridgehead atoms. The summed E-state index contributed by atoms with van der Waals surface area (Å²) in [5, 5.41) is 2.60. The van der Waals surface area contributed by atoms with Crippen molar-refractivity contribution >= 4 is 17.9 Å². The maximum absolute atomic E-state index is 11.2. The van der Waals surface area contributed by atoms with E-state index in [2.05, 4.69) is 10.3 Å². The Bertz CT molecular complexity index is 462. The molecule has 1 aromatic carbocycles. The van der Waals surface area contributed by atoms with E-state index in [4.69, 9.17) is 0 Å². The molecule has 16 heavy (non-hydrogen) atoms. The Balaban J connectivity index is 2.82. The molecule has 0 aliphatic heterocycles. The van der Waals surface area contributed by atoms with Crippen LogP contribution in [-0.2, 0) is 16.1 Å². The third-order valence-electron chi connectivity index (χ3n) is 1.86. The first-order valence-corrected chi connectivity index (χ1v) is 4.59. The predicted molar refractivity (Wildman–Crippen MR) is 56.4 cm³/mol. The second-order valence-electron chi connectivity index (χ2n) is 3.12. The highest BCUT2D eigenvalue weighted by Gasteiger charge is 2.04. The fraction of sp³-hybridized carbons (Fsp3) is 0.182. The van der Waals surface area contributed by atoms with Crippen LogP contribution in [0.1, 0.15) is 22.8 Å². The summed E-state index contributed by atoms with van der Waals surface area (Å²) < 4.78 is 0. The highest BCUT2D eigenvalue weighted by Crippen LogP contribution is 2.06. The average molecular weight is 218 g/mol. The van der Waals surface area contributed by atoms with E-state index in [1.54, 1.807) is 24.3 Å². The second kappa shape index (κ2) is 5.58. The Morgan fingerprint density at radius 1 is 1.44 bits per heavy atom. The molecular formula is C11H10N2O3. The van der Waals surface area contributed by atoms with Crippen LogP contribution in [-0.4, -0.2) is 17.9 Å². The highest BCUT2D eigenvalue weighted by molar-refractivity contribution is 5.97. The summed E-state index contributed by atoms with van der Waals surface area (Å²) >= 11 is 0. The number of carbonyl (C=O) groups is 2. The number of isocyanates is 1. The number of benzene rings is 1. The zero-order valence-corrected chi connectivity index (χ0v) is 8.69. The molecule has 0 radical (unpaired) electrons. The van der Waals surface area contributed by atoms with E-state index in [1.165, 1.54) is 13.0 Å². The largest absolute Gasteiger partial charge is 0.352 e. The van der Waals surface area contributed by atoms with Crippen LogP contribution in [0, 0.1) is 0 Å². The molecule has 0 aliphatic rings. The van der Waals surface area contributed by atoms with Crippen molar-refractivity contribution in [2.75, 3.05) is 0 Å². The van der Waals surface area contributed by atoms with Crippen molar-refractivity contribution in [1.29, 1.82) is 0 Å². The summed E-state index contributed by atoms with van der Waals surface area (Å²) in [6, 6.07) is 6.53. The Labute approximate surface area is 92.2 Å². The Hall–Kier alpha value is -2.26. The number of rotatable bonds is 3. The number of hydrogen-bond acceptors (Lipinski definition) is 3. The van der Waals surface area contributed by atoms with Gasteiger partial charge in [-0.25, -0.2) is 4.79 Å². The van der Waals surface area contributed by atoms with Crippen LogP contribution in [0.2, 0.25) is 0 Å². The van der Waals surface area contributed by atoms with Crippen LogP contribution >= 0.6 is 0 Å². The molecular weight excluding hydrogens is 208 g/mol. The van der Waals surface area contributed by atoms with E-state index < -0.39 is 5.91 Å². The Kier molecular flexibility index (Phi) is 4.12. The summed E-state index contributed by atoms with van der Waals surface area (Å²) in [7, 11) is 0. The first-order chi connectivity index (χ1) is 7.63. The number of nitrogens with one attached hydrogen (secondary N) is 1. The molecule has 82 valence electrons. The first-order valence-electron chi connectivity index (χ1n) is 4.59. The van der Waals surface area contributed by atoms with Gasteiger partial charge in [-0.1, -0.05) is 12.1 Å².